The molecule has 25 nitrogen and oxygen atoms in total. The average molecular weight is 1370 g/mol. The Morgan fingerprint density at radius 2 is 0.957 bits per heavy atom. The molecule has 1 heterocycles. The molecule has 1 aliphatic rings. The van der Waals surface area contributed by atoms with Gasteiger partial charge in [-0.2, -0.15) is 0 Å². The number of alkyl halides is 1. The van der Waals surface area contributed by atoms with Crippen molar-refractivity contribution in [3.8, 4) is 0 Å². The van der Waals surface area contributed by atoms with Gasteiger partial charge in [-0.3, -0.25) is 52.7 Å². The van der Waals surface area contributed by atoms with E-state index in [1.54, 1.807) is 67.5 Å². The predicted octanol–water partition coefficient (Wildman–Crippen LogP) is 4.02. The molecule has 5 N–H and O–H groups in total. The average Bonchev–Trinajstić information content (AvgIpc) is 0.820. The van der Waals surface area contributed by atoms with Crippen LogP contribution in [0.5, 0.6) is 0 Å². The Morgan fingerprint density at radius 1 is 0.511 bits per heavy atom. The van der Waals surface area contributed by atoms with Crippen LogP contribution in [0.15, 0.2) is 12.2 Å². The molecule has 26 heteroatoms. The zero-order valence-corrected chi connectivity index (χ0v) is 61.5. The Morgan fingerprint density at radius 3 is 1.41 bits per heavy atom. The smallest absolute Gasteiger partial charge is 0.247 e. The molecule has 1 unspecified atom stereocenters. The second-order valence-corrected chi connectivity index (χ2v) is 27.9. The molecule has 528 valence electrons. The summed E-state index contributed by atoms with van der Waals surface area (Å²) in [5, 5.41) is 23.4. The highest BCUT2D eigenvalue weighted by Gasteiger charge is 2.46. The molecular weight excluding hydrogens is 1250 g/mol. The van der Waals surface area contributed by atoms with E-state index in [4.69, 9.17) is 9.47 Å². The molecule has 0 saturated carbocycles. The molecule has 11 amide bonds. The molecule has 13 atom stereocenters. The highest BCUT2D eigenvalue weighted by atomic mass is 79.9. The standard InChI is InChI=1S/C66H118BrN11O14/c1-25-28-29-43(16)56(80)55-60(84)69-45(26-2)61(85)72(18)35-51(79)73(19)47(30-37(4)5)59(83)71-53(41(12)13)65(89)74(20)48(31-38(6)7)58(82)68-44(17)57(81)70-46(36-92-52(34-67)91-27-3)62(86)75(21)49(32-39(8)9)63(87)76(22)50(33-40(10)11)64(88)77(23)54(42(14)15)66(90)78(55)24/h25,28,37-50,52-56,80H,26-27,29-36H2,1-24H3,(H,68,82)(H,69,84)(H,70,81)(H,71,83)/b28-25+/t43-,44+,45+,46-,47+,48+,49+,50+,52?,53+,54+,55+,56-/m1/s1. The van der Waals surface area contributed by atoms with E-state index in [-0.39, 0.29) is 67.7 Å². The van der Waals surface area contributed by atoms with Crippen LogP contribution in [-0.2, 0) is 62.2 Å². The topological polar surface area (TPSA) is 297 Å². The normalized spacial score (nSPS) is 26.1. The summed E-state index contributed by atoms with van der Waals surface area (Å²) in [6.07, 6.45) is 1.96. The minimum Gasteiger partial charge on any atom is -0.390 e. The van der Waals surface area contributed by atoms with Gasteiger partial charge in [-0.15, -0.1) is 0 Å². The van der Waals surface area contributed by atoms with Crippen LogP contribution in [-0.4, -0.2) is 252 Å². The third kappa shape index (κ3) is 24.6. The van der Waals surface area contributed by atoms with Crippen molar-refractivity contribution in [3.05, 3.63) is 12.2 Å². The number of halogens is 1. The van der Waals surface area contributed by atoms with Crippen LogP contribution in [0.25, 0.3) is 0 Å². The van der Waals surface area contributed by atoms with Crippen molar-refractivity contribution >= 4 is 80.9 Å². The molecule has 0 spiro atoms. The lowest BCUT2D eigenvalue weighted by atomic mass is 9.91. The third-order valence-corrected chi connectivity index (χ3v) is 17.4. The number of ether oxygens (including phenoxy) is 2. The van der Waals surface area contributed by atoms with Gasteiger partial charge in [-0.25, -0.2) is 0 Å². The number of carbonyl (C=O) groups is 11. The first-order chi connectivity index (χ1) is 42.7. The highest BCUT2D eigenvalue weighted by molar-refractivity contribution is 9.09. The van der Waals surface area contributed by atoms with Crippen LogP contribution in [0.3, 0.4) is 0 Å². The van der Waals surface area contributed by atoms with Gasteiger partial charge in [0.2, 0.25) is 65.0 Å². The molecule has 0 aliphatic carbocycles. The summed E-state index contributed by atoms with van der Waals surface area (Å²) >= 11 is 3.37. The van der Waals surface area contributed by atoms with E-state index < -0.39 is 169 Å². The number of nitrogens with one attached hydrogen (secondary N) is 4. The molecule has 0 radical (unpaired) electrons. The molecule has 0 aromatic heterocycles. The van der Waals surface area contributed by atoms with E-state index in [1.807, 2.05) is 55.4 Å². The number of allylic oxidation sites excluding steroid dienone is 2. The molecule has 0 aromatic carbocycles. The van der Waals surface area contributed by atoms with E-state index in [9.17, 15) is 38.7 Å². The van der Waals surface area contributed by atoms with Crippen molar-refractivity contribution in [1.29, 1.82) is 0 Å². The van der Waals surface area contributed by atoms with Crippen LogP contribution in [0.4, 0.5) is 0 Å². The van der Waals surface area contributed by atoms with Crippen molar-refractivity contribution in [1.82, 2.24) is 55.6 Å². The van der Waals surface area contributed by atoms with Gasteiger partial charge in [-0.05, 0) is 101 Å². The summed E-state index contributed by atoms with van der Waals surface area (Å²) in [5.74, 6) is -10.4. The van der Waals surface area contributed by atoms with Gasteiger partial charge < -0.3 is 70.1 Å². The van der Waals surface area contributed by atoms with Crippen LogP contribution in [0, 0.1) is 41.4 Å². The summed E-state index contributed by atoms with van der Waals surface area (Å²) in [6.45, 7) is 29.3. The van der Waals surface area contributed by atoms with Gasteiger partial charge in [0.05, 0.1) is 24.6 Å². The van der Waals surface area contributed by atoms with Crippen LogP contribution >= 0.6 is 15.9 Å². The summed E-state index contributed by atoms with van der Waals surface area (Å²) in [6, 6.07) is -13.0. The molecule has 1 rings (SSSR count). The van der Waals surface area contributed by atoms with E-state index in [0.29, 0.717) is 6.42 Å². The molecule has 1 fully saturated rings. The van der Waals surface area contributed by atoms with E-state index in [1.165, 1.54) is 80.8 Å². The molecule has 0 bridgehead atoms. The Hall–Kier alpha value is -5.73. The van der Waals surface area contributed by atoms with Crippen LogP contribution < -0.4 is 21.3 Å². The van der Waals surface area contributed by atoms with Gasteiger partial charge in [0.15, 0.2) is 6.29 Å². The summed E-state index contributed by atoms with van der Waals surface area (Å²) in [5.41, 5.74) is 0. The van der Waals surface area contributed by atoms with Crippen molar-refractivity contribution in [2.24, 2.45) is 41.4 Å². The lowest BCUT2D eigenvalue weighted by Gasteiger charge is -2.41. The van der Waals surface area contributed by atoms with Gasteiger partial charge >= 0.3 is 0 Å². The molecule has 0 aromatic rings. The first kappa shape index (κ1) is 84.3. The maximum absolute atomic E-state index is 15.3. The fourth-order valence-corrected chi connectivity index (χ4v) is 11.6. The zero-order chi connectivity index (χ0) is 71.1. The lowest BCUT2D eigenvalue weighted by Crippen LogP contribution is -2.63. The van der Waals surface area contributed by atoms with E-state index in [2.05, 4.69) is 37.2 Å². The molecule has 92 heavy (non-hydrogen) atoms. The van der Waals surface area contributed by atoms with Gasteiger partial charge in [0, 0.05) is 55.9 Å². The van der Waals surface area contributed by atoms with Crippen LogP contribution in [0.1, 0.15) is 156 Å². The minimum atomic E-state index is -1.63. The third-order valence-electron chi connectivity index (χ3n) is 16.9. The van der Waals surface area contributed by atoms with Gasteiger partial charge in [-0.1, -0.05) is 125 Å². The van der Waals surface area contributed by atoms with Crippen molar-refractivity contribution in [3.63, 3.8) is 0 Å². The van der Waals surface area contributed by atoms with E-state index >= 15 is 19.2 Å². The largest absolute Gasteiger partial charge is 0.390 e. The van der Waals surface area contributed by atoms with Crippen LogP contribution in [0.2, 0.25) is 0 Å². The second-order valence-electron chi connectivity index (χ2n) is 27.3. The number of hydrogen-bond donors (Lipinski definition) is 5. The first-order valence-electron chi connectivity index (χ1n) is 32.8. The summed E-state index contributed by atoms with van der Waals surface area (Å²) < 4.78 is 11.7. The number of nitrogens with zero attached hydrogens (tertiary/aromatic N) is 7. The second kappa shape index (κ2) is 39.8. The number of amides is 11. The van der Waals surface area contributed by atoms with E-state index in [0.717, 1.165) is 9.80 Å². The number of aliphatic hydroxyl groups excluding tert-OH is 1. The quantitative estimate of drug-likeness (QED) is 0.0617. The number of carbonyl (C=O) groups excluding carboxylic acids is 11. The Balaban J connectivity index is 4.50. The molecule has 1 aliphatic heterocycles. The maximum atomic E-state index is 15.3. The minimum absolute atomic E-state index is 0.0112. The van der Waals surface area contributed by atoms with Crippen molar-refractivity contribution < 1.29 is 67.3 Å². The first-order valence-corrected chi connectivity index (χ1v) is 33.9. The monoisotopic (exact) mass is 1370 g/mol. The summed E-state index contributed by atoms with van der Waals surface area (Å²) in [7, 11) is 9.84. The Kier molecular flexibility index (Phi) is 36.5. The fraction of sp³-hybridized carbons (Fsp3) is 0.803. The lowest BCUT2D eigenvalue weighted by molar-refractivity contribution is -0.158. The zero-order valence-electron chi connectivity index (χ0n) is 60.0. The van der Waals surface area contributed by atoms with Gasteiger partial charge in [0.1, 0.15) is 60.4 Å². The highest BCUT2D eigenvalue weighted by Crippen LogP contribution is 2.26. The SMILES string of the molecule is C/C=C/C[C@@H](C)[C@@H](O)[C@H]1C(=O)N[C@@H](CC)C(=O)N(C)CC(=O)N(C)[C@@H](CC(C)C)C(=O)N[C@@H](C(C)C)C(=O)N(C)[C@@H](CC(C)C)C(=O)N[C@@H](C)C(=O)N[C@H](COC(CBr)OCC)C(=O)N(C)[C@@H](CC(C)C)C(=O)N(C)[C@@H](CC(C)C)C(=O)N(C)[C@@H](C(C)C)C(=O)N1C. The number of aliphatic hydroxyl groups is 1. The van der Waals surface area contributed by atoms with Gasteiger partial charge in [0.25, 0.3) is 0 Å². The fourth-order valence-electron chi connectivity index (χ4n) is 11.2. The molecule has 1 saturated heterocycles. The predicted molar refractivity (Wildman–Crippen MR) is 358 cm³/mol. The van der Waals surface area contributed by atoms with Crippen molar-refractivity contribution in [2.75, 3.05) is 74.4 Å². The number of likely N-dealkylation sites (N-methyl/N-ethyl adjacent to an activating group) is 7. The molecular formula is C66H118BrN11O14. The number of rotatable bonds is 21. The maximum Gasteiger partial charge on any atom is 0.247 e. The Labute approximate surface area is 558 Å². The Bertz CT molecular complexity index is 2480. The van der Waals surface area contributed by atoms with Crippen molar-refractivity contribution in [2.45, 2.75) is 229 Å². The number of hydrogen-bond acceptors (Lipinski definition) is 14. The summed E-state index contributed by atoms with van der Waals surface area (Å²) in [4.78, 5) is 171.